The maximum atomic E-state index is 6.19. The Kier molecular flexibility index (Phi) is 19.1. The molecule has 0 aliphatic heterocycles. The summed E-state index contributed by atoms with van der Waals surface area (Å²) < 4.78 is 8.56. The molecule has 0 spiro atoms. The molecule has 27 rings (SSSR count). The lowest BCUT2D eigenvalue weighted by atomic mass is 9.79. The van der Waals surface area contributed by atoms with Crippen LogP contribution in [0.25, 0.3) is 194 Å². The Balaban J connectivity index is 0.453. The monoisotopic (exact) mass is 1820 g/mol. The Morgan fingerprint density at radius 3 is 0.739 bits per heavy atom. The van der Waals surface area contributed by atoms with Gasteiger partial charge in [0.1, 0.15) is 11.2 Å². The highest BCUT2D eigenvalue weighted by molar-refractivity contribution is 6.11. The highest BCUT2D eigenvalue weighted by Gasteiger charge is 2.41. The summed E-state index contributed by atoms with van der Waals surface area (Å²) in [5.41, 5.74) is 54.1. The van der Waals surface area contributed by atoms with Gasteiger partial charge in [0.15, 0.2) is 0 Å². The predicted molar refractivity (Wildman–Crippen MR) is 597 cm³/mol. The normalized spacial score (nSPS) is 13.9. The van der Waals surface area contributed by atoms with Crippen LogP contribution in [0.15, 0.2) is 472 Å². The number of hydrogen-bond acceptors (Lipinski definition) is 3. The summed E-state index contributed by atoms with van der Waals surface area (Å²) in [4.78, 5) is 4.80. The molecule has 21 aromatic carbocycles. The summed E-state index contributed by atoms with van der Waals surface area (Å²) in [6.45, 7) is 19.1. The van der Waals surface area contributed by atoms with Gasteiger partial charge < -0.3 is 18.8 Å². The third-order valence-corrected chi connectivity index (χ3v) is 32.1. The first-order chi connectivity index (χ1) is 69.3. The van der Waals surface area contributed by atoms with Crippen molar-refractivity contribution in [2.24, 2.45) is 0 Å². The number of fused-ring (bicyclic) bond motifs is 18. The molecule has 0 saturated carbocycles. The molecule has 2 heterocycles. The second-order valence-electron chi connectivity index (χ2n) is 41.5. The third-order valence-electron chi connectivity index (χ3n) is 32.1. The van der Waals surface area contributed by atoms with Crippen LogP contribution in [0.4, 0.5) is 34.1 Å². The van der Waals surface area contributed by atoms with Gasteiger partial charge in [0.05, 0.1) is 11.0 Å². The summed E-state index contributed by atoms with van der Waals surface area (Å²) in [7, 11) is 0. The Morgan fingerprint density at radius 2 is 0.387 bits per heavy atom. The number of rotatable bonds is 16. The highest BCUT2D eigenvalue weighted by Crippen LogP contribution is 2.57. The van der Waals surface area contributed by atoms with E-state index in [0.717, 1.165) is 84.0 Å². The van der Waals surface area contributed by atoms with Gasteiger partial charge in [-0.25, -0.2) is 0 Å². The van der Waals surface area contributed by atoms with E-state index in [9.17, 15) is 0 Å². The number of hydrogen-bond donors (Lipinski definition) is 0. The molecule has 0 amide bonds. The minimum atomic E-state index is -0.257. The fourth-order valence-corrected chi connectivity index (χ4v) is 24.3. The van der Waals surface area contributed by atoms with E-state index in [-0.39, 0.29) is 21.7 Å². The van der Waals surface area contributed by atoms with E-state index in [0.29, 0.717) is 0 Å². The molecule has 4 aliphatic carbocycles. The molecule has 142 heavy (non-hydrogen) atoms. The summed E-state index contributed by atoms with van der Waals surface area (Å²) in [5, 5.41) is 4.77. The number of furan rings is 1. The van der Waals surface area contributed by atoms with Crippen LogP contribution in [-0.4, -0.2) is 4.57 Å². The van der Waals surface area contributed by atoms with Gasteiger partial charge in [0.2, 0.25) is 0 Å². The zero-order chi connectivity index (χ0) is 95.2. The first kappa shape index (κ1) is 84.1. The zero-order valence-electron chi connectivity index (χ0n) is 80.7. The summed E-state index contributed by atoms with van der Waals surface area (Å²) in [6.07, 6.45) is 0. The van der Waals surface area contributed by atoms with E-state index in [4.69, 9.17) is 4.42 Å². The molecule has 0 N–H and O–H groups in total. The molecule has 4 heteroatoms. The van der Waals surface area contributed by atoms with Gasteiger partial charge in [-0.05, 0) is 347 Å². The Morgan fingerprint density at radius 1 is 0.162 bits per heavy atom. The van der Waals surface area contributed by atoms with Crippen molar-refractivity contribution in [3.63, 3.8) is 0 Å². The largest absolute Gasteiger partial charge is 0.456 e. The molecule has 0 atom stereocenters. The lowest BCUT2D eigenvalue weighted by molar-refractivity contribution is 0.660. The van der Waals surface area contributed by atoms with Gasteiger partial charge in [0.25, 0.3) is 0 Å². The second-order valence-corrected chi connectivity index (χ2v) is 41.5. The van der Waals surface area contributed by atoms with E-state index >= 15 is 0 Å². The first-order valence-electron chi connectivity index (χ1n) is 49.9. The van der Waals surface area contributed by atoms with Gasteiger partial charge >= 0.3 is 0 Å². The van der Waals surface area contributed by atoms with Gasteiger partial charge in [-0.15, -0.1) is 0 Å². The summed E-state index contributed by atoms with van der Waals surface area (Å²) in [5.74, 6) is 0. The number of aromatic nitrogens is 1. The van der Waals surface area contributed by atoms with Gasteiger partial charge in [-0.1, -0.05) is 365 Å². The number of anilines is 6. The lowest BCUT2D eigenvalue weighted by Crippen LogP contribution is -2.15. The topological polar surface area (TPSA) is 24.6 Å². The fraction of sp³-hybridized carbons (Fsp3) is 0.0870. The van der Waals surface area contributed by atoms with Crippen molar-refractivity contribution in [2.45, 2.75) is 77.0 Å². The van der Waals surface area contributed by atoms with E-state index in [1.165, 1.54) is 189 Å². The van der Waals surface area contributed by atoms with Crippen molar-refractivity contribution in [3.8, 4) is 150 Å². The van der Waals surface area contributed by atoms with Crippen LogP contribution < -0.4 is 9.80 Å². The molecular weight excluding hydrogens is 1720 g/mol. The molecule has 0 radical (unpaired) electrons. The summed E-state index contributed by atoms with van der Waals surface area (Å²) >= 11 is 0. The SMILES string of the molecule is CC1(C)c2ccccc2-c2ccc(-c3ccc(N(c4ccc(-c5ccc(-c6ccc7oc8ccccc8c7c6)cc5)cc4)c4ccc(-c5ccc6c(c5)C(C)(C)c5cc(-c7ccc8c(c7)C(C)(C)c7cc(-c9ccc(N(c%10ccc(-c%11ccc(-c%12ccc%13c(c%12)c%12ccccc%12n%13-c%12ccccc%12)cc%11)cc%10)c%10ccc(-c%11ccc%12c(c%11)C(C)(C)c%11ccccc%11-%12)cc%10)cc9)ccc7-8)ccc5-6)cc4)cc3)cc21. The number of benzene rings is 21. The lowest BCUT2D eigenvalue weighted by Gasteiger charge is -2.26. The van der Waals surface area contributed by atoms with Crippen LogP contribution in [0.1, 0.15) is 99.9 Å². The van der Waals surface area contributed by atoms with Gasteiger partial charge in [-0.2, -0.15) is 0 Å². The number of para-hydroxylation sites is 3. The molecular formula is C138H101N3O. The van der Waals surface area contributed by atoms with E-state index in [2.05, 4.69) is 525 Å². The smallest absolute Gasteiger partial charge is 0.135 e. The van der Waals surface area contributed by atoms with Crippen LogP contribution in [-0.2, 0) is 21.7 Å². The second kappa shape index (κ2) is 32.2. The standard InChI is InChI=1S/C138H101N3O/c1-135(2)123-26-16-12-22-111(123)113-70-50-98(80-125(113)135)92-42-62-107(63-43-92)139(105-58-38-88(39-59-105)86-30-34-90(35-31-86)96-56-76-132-121(78-96)119-24-14-18-28-131(119)141(132)104-20-10-9-11-21-104)109-66-46-94(47-67-109)100-52-72-115-117-74-54-102(84-129(117)137(5,6)127(115)82-100)103-55-75-118-116-73-53-101(83-128(116)138(7,8)130(118)85-103)95-48-68-110(69-49-95)140(108-64-44-93(45-65-108)99-51-71-114-112-23-13-17-27-124(112)136(3,4)126(114)81-99)106-60-40-89(41-61-106)87-32-36-91(37-33-87)97-57-77-134-122(79-97)120-25-15-19-29-133(120)142-134/h9-85H,1-8H3. The predicted octanol–water partition coefficient (Wildman–Crippen LogP) is 37.9. The van der Waals surface area contributed by atoms with Gasteiger partial charge in [-0.3, -0.25) is 0 Å². The molecule has 4 aliphatic rings. The van der Waals surface area contributed by atoms with Crippen molar-refractivity contribution in [2.75, 3.05) is 9.80 Å². The van der Waals surface area contributed by atoms with Gasteiger partial charge in [0, 0.05) is 83.0 Å². The van der Waals surface area contributed by atoms with E-state index < -0.39 is 0 Å². The fourth-order valence-electron chi connectivity index (χ4n) is 24.3. The number of nitrogens with zero attached hydrogens (tertiary/aromatic N) is 3. The van der Waals surface area contributed by atoms with Crippen LogP contribution in [0, 0.1) is 0 Å². The Labute approximate surface area is 829 Å². The Hall–Kier alpha value is -17.2. The van der Waals surface area contributed by atoms with E-state index in [1.807, 2.05) is 12.1 Å². The molecule has 4 nitrogen and oxygen atoms in total. The van der Waals surface area contributed by atoms with Crippen molar-refractivity contribution in [1.82, 2.24) is 4.57 Å². The zero-order valence-corrected chi connectivity index (χ0v) is 80.7. The maximum absolute atomic E-state index is 6.19. The minimum absolute atomic E-state index is 0.0896. The molecule has 23 aromatic rings. The van der Waals surface area contributed by atoms with Crippen LogP contribution in [0.3, 0.4) is 0 Å². The van der Waals surface area contributed by atoms with Crippen LogP contribution in [0.5, 0.6) is 0 Å². The van der Waals surface area contributed by atoms with Crippen molar-refractivity contribution in [1.29, 1.82) is 0 Å². The third kappa shape index (κ3) is 13.5. The van der Waals surface area contributed by atoms with Crippen LogP contribution >= 0.6 is 0 Å². The van der Waals surface area contributed by atoms with Crippen LogP contribution in [0.2, 0.25) is 0 Å². The van der Waals surface area contributed by atoms with Crippen molar-refractivity contribution < 1.29 is 4.42 Å². The first-order valence-corrected chi connectivity index (χ1v) is 49.9. The van der Waals surface area contributed by atoms with Crippen molar-refractivity contribution >= 4 is 77.9 Å². The highest BCUT2D eigenvalue weighted by atomic mass is 16.3. The molecule has 0 bridgehead atoms. The minimum Gasteiger partial charge on any atom is -0.456 e. The molecule has 674 valence electrons. The molecule has 2 aromatic heterocycles. The Bertz CT molecular complexity index is 8990. The maximum Gasteiger partial charge on any atom is 0.135 e. The molecule has 0 unspecified atom stereocenters. The molecule has 0 saturated heterocycles. The molecule has 0 fully saturated rings. The average molecular weight is 1820 g/mol. The summed E-state index contributed by atoms with van der Waals surface area (Å²) in [6, 6.07) is 175. The quantitative estimate of drug-likeness (QED) is 0.0964. The van der Waals surface area contributed by atoms with Crippen molar-refractivity contribution in [3.05, 3.63) is 512 Å². The van der Waals surface area contributed by atoms with E-state index in [1.54, 1.807) is 0 Å². The average Bonchev–Trinajstić information content (AvgIpc) is 1.58.